The highest BCUT2D eigenvalue weighted by Crippen LogP contribution is 2.18. The monoisotopic (exact) mass is 537 g/mol. The van der Waals surface area contributed by atoms with Gasteiger partial charge in [0.25, 0.3) is 0 Å². The van der Waals surface area contributed by atoms with Crippen LogP contribution in [0.1, 0.15) is 21.5 Å². The van der Waals surface area contributed by atoms with Gasteiger partial charge < -0.3 is 5.73 Å². The van der Waals surface area contributed by atoms with Gasteiger partial charge in [-0.25, -0.2) is 0 Å². The first kappa shape index (κ1) is 24.6. The molecule has 0 aliphatic rings. The van der Waals surface area contributed by atoms with Crippen LogP contribution in [0.2, 0.25) is 0 Å². The Labute approximate surface area is 201 Å². The third-order valence-electron chi connectivity index (χ3n) is 4.32. The minimum absolute atomic E-state index is 0.729. The molecule has 0 aliphatic heterocycles. The van der Waals surface area contributed by atoms with Crippen LogP contribution in [0.4, 0.5) is 5.69 Å². The predicted octanol–water partition coefficient (Wildman–Crippen LogP) is 7.76. The van der Waals surface area contributed by atoms with Crippen LogP contribution in [-0.2, 0) is 12.8 Å². The molecule has 0 aliphatic carbocycles. The van der Waals surface area contributed by atoms with E-state index < -0.39 is 0 Å². The van der Waals surface area contributed by atoms with Gasteiger partial charge in [0.1, 0.15) is 6.29 Å². The number of nitrogen functional groups attached to an aromatic ring is 1. The molecule has 0 spiro atoms. The smallest absolute Gasteiger partial charge is 0.150 e. The average molecular weight is 539 g/mol. The highest BCUT2D eigenvalue weighted by molar-refractivity contribution is 9.10. The van der Waals surface area contributed by atoms with Crippen LogP contribution in [-0.4, -0.2) is 6.29 Å². The Morgan fingerprint density at radius 1 is 0.613 bits per heavy atom. The highest BCUT2D eigenvalue weighted by Gasteiger charge is 1.98. The number of halogens is 2. The predicted molar refractivity (Wildman–Crippen MR) is 138 cm³/mol. The Balaban J connectivity index is 0.000000181. The maximum atomic E-state index is 10.0. The maximum absolute atomic E-state index is 10.0. The van der Waals surface area contributed by atoms with Gasteiger partial charge in [-0.1, -0.05) is 107 Å². The van der Waals surface area contributed by atoms with Crippen molar-refractivity contribution in [1.29, 1.82) is 0 Å². The quantitative estimate of drug-likeness (QED) is 0.213. The third kappa shape index (κ3) is 9.77. The van der Waals surface area contributed by atoms with E-state index in [1.165, 1.54) is 15.6 Å². The largest absolute Gasteiger partial charge is 0.398 e. The molecule has 0 unspecified atom stereocenters. The molecule has 0 radical (unpaired) electrons. The second kappa shape index (κ2) is 14.3. The highest BCUT2D eigenvalue weighted by atomic mass is 79.9. The van der Waals surface area contributed by atoms with Crippen LogP contribution < -0.4 is 5.73 Å². The Hall–Kier alpha value is -2.69. The number of carbonyl (C=O) groups excluding carboxylic acids is 1. The van der Waals surface area contributed by atoms with Crippen molar-refractivity contribution in [2.24, 2.45) is 0 Å². The van der Waals surface area contributed by atoms with E-state index in [4.69, 9.17) is 5.73 Å². The molecule has 4 aromatic carbocycles. The number of hydrogen-bond donors (Lipinski definition) is 1. The molecule has 0 heterocycles. The molecule has 0 saturated heterocycles. The lowest BCUT2D eigenvalue weighted by Crippen LogP contribution is -1.91. The molecule has 158 valence electrons. The topological polar surface area (TPSA) is 43.1 Å². The SMILES string of the molecule is Brc1ccccc1CCc1ccccc1.Nc1ccccc1Br.O=Cc1ccccc1. The fraction of sp³-hybridized carbons (Fsp3) is 0.0741. The Kier molecular flexibility index (Phi) is 11.4. The molecule has 0 fully saturated rings. The number of aldehydes is 1. The fourth-order valence-electron chi connectivity index (χ4n) is 2.63. The van der Waals surface area contributed by atoms with Crippen LogP contribution in [0.25, 0.3) is 0 Å². The maximum Gasteiger partial charge on any atom is 0.150 e. The molecule has 0 aromatic heterocycles. The summed E-state index contributed by atoms with van der Waals surface area (Å²) in [6.07, 6.45) is 3.02. The van der Waals surface area contributed by atoms with Crippen molar-refractivity contribution >= 4 is 43.8 Å². The lowest BCUT2D eigenvalue weighted by Gasteiger charge is -2.04. The van der Waals surface area contributed by atoms with Gasteiger partial charge >= 0.3 is 0 Å². The van der Waals surface area contributed by atoms with E-state index in [0.29, 0.717) is 0 Å². The van der Waals surface area contributed by atoms with Crippen molar-refractivity contribution in [2.75, 3.05) is 5.73 Å². The number of benzene rings is 4. The summed E-state index contributed by atoms with van der Waals surface area (Å²) in [5.41, 5.74) is 9.76. The number of para-hydroxylation sites is 1. The molecule has 0 saturated carbocycles. The van der Waals surface area contributed by atoms with Crippen LogP contribution in [0, 0.1) is 0 Å². The zero-order chi connectivity index (χ0) is 22.3. The van der Waals surface area contributed by atoms with Crippen molar-refractivity contribution in [2.45, 2.75) is 12.8 Å². The van der Waals surface area contributed by atoms with Crippen LogP contribution in [0.15, 0.2) is 118 Å². The zero-order valence-corrected chi connectivity index (χ0v) is 20.3. The number of carbonyl (C=O) groups is 1. The van der Waals surface area contributed by atoms with E-state index >= 15 is 0 Å². The molecule has 4 aromatic rings. The minimum Gasteiger partial charge on any atom is -0.398 e. The summed E-state index contributed by atoms with van der Waals surface area (Å²) in [4.78, 5) is 10.0. The van der Waals surface area contributed by atoms with Gasteiger partial charge in [0.15, 0.2) is 0 Å². The van der Waals surface area contributed by atoms with E-state index in [0.717, 1.165) is 34.9 Å². The number of hydrogen-bond acceptors (Lipinski definition) is 2. The second-order valence-electron chi connectivity index (χ2n) is 6.63. The van der Waals surface area contributed by atoms with Gasteiger partial charge in [-0.05, 0) is 58.1 Å². The summed E-state index contributed by atoms with van der Waals surface area (Å²) >= 11 is 6.84. The van der Waals surface area contributed by atoms with E-state index in [1.807, 2.05) is 42.5 Å². The van der Waals surface area contributed by atoms with Gasteiger partial charge in [0.05, 0.1) is 0 Å². The molecule has 0 atom stereocenters. The van der Waals surface area contributed by atoms with Crippen LogP contribution >= 0.6 is 31.9 Å². The number of nitrogens with two attached hydrogens (primary N) is 1. The number of anilines is 1. The molecule has 4 rings (SSSR count). The van der Waals surface area contributed by atoms with Crippen molar-refractivity contribution in [3.8, 4) is 0 Å². The molecule has 0 bridgehead atoms. The van der Waals surface area contributed by atoms with Gasteiger partial charge in [-0.2, -0.15) is 0 Å². The lowest BCUT2D eigenvalue weighted by molar-refractivity contribution is 0.112. The average Bonchev–Trinajstić information content (AvgIpc) is 2.82. The first-order valence-electron chi connectivity index (χ1n) is 9.87. The lowest BCUT2D eigenvalue weighted by atomic mass is 10.0. The van der Waals surface area contributed by atoms with Gasteiger partial charge in [0.2, 0.25) is 0 Å². The Morgan fingerprint density at radius 2 is 1.13 bits per heavy atom. The third-order valence-corrected chi connectivity index (χ3v) is 5.82. The number of aryl methyl sites for hydroxylation is 2. The molecular formula is C27H25Br2NO. The van der Waals surface area contributed by atoms with Gasteiger partial charge in [0, 0.05) is 20.2 Å². The van der Waals surface area contributed by atoms with Crippen molar-refractivity contribution in [3.05, 3.63) is 135 Å². The summed E-state index contributed by atoms with van der Waals surface area (Å²) in [6, 6.07) is 35.7. The van der Waals surface area contributed by atoms with E-state index in [9.17, 15) is 4.79 Å². The first-order chi connectivity index (χ1) is 15.1. The fourth-order valence-corrected chi connectivity index (χ4v) is 3.40. The second-order valence-corrected chi connectivity index (χ2v) is 8.34. The summed E-state index contributed by atoms with van der Waals surface area (Å²) in [7, 11) is 0. The molecule has 2 nitrogen and oxygen atoms in total. The summed E-state index contributed by atoms with van der Waals surface area (Å²) in [6.45, 7) is 0. The summed E-state index contributed by atoms with van der Waals surface area (Å²) in [5, 5.41) is 0. The molecule has 2 N–H and O–H groups in total. The standard InChI is InChI=1S/C14H13Br.C7H6O.C6H6BrN/c15-14-9-5-4-8-13(14)11-10-12-6-2-1-3-7-12;8-6-7-4-2-1-3-5-7;7-5-3-1-2-4-6(5)8/h1-9H,10-11H2;1-6H;1-4H,8H2. The van der Waals surface area contributed by atoms with Gasteiger partial charge in [-0.15, -0.1) is 0 Å². The van der Waals surface area contributed by atoms with E-state index in [-0.39, 0.29) is 0 Å². The van der Waals surface area contributed by atoms with Gasteiger partial charge in [-0.3, -0.25) is 4.79 Å². The van der Waals surface area contributed by atoms with Crippen molar-refractivity contribution < 1.29 is 4.79 Å². The van der Waals surface area contributed by atoms with E-state index in [1.54, 1.807) is 12.1 Å². The first-order valence-corrected chi connectivity index (χ1v) is 11.5. The van der Waals surface area contributed by atoms with Crippen LogP contribution in [0.3, 0.4) is 0 Å². The molecule has 31 heavy (non-hydrogen) atoms. The Bertz CT molecular complexity index is 1020. The van der Waals surface area contributed by atoms with Crippen molar-refractivity contribution in [1.82, 2.24) is 0 Å². The molecule has 0 amide bonds. The summed E-state index contributed by atoms with van der Waals surface area (Å²) < 4.78 is 2.17. The van der Waals surface area contributed by atoms with Crippen molar-refractivity contribution in [3.63, 3.8) is 0 Å². The Morgan fingerprint density at radius 3 is 1.61 bits per heavy atom. The summed E-state index contributed by atoms with van der Waals surface area (Å²) in [5.74, 6) is 0. The minimum atomic E-state index is 0.729. The normalized spacial score (nSPS) is 9.48. The van der Waals surface area contributed by atoms with Crippen LogP contribution in [0.5, 0.6) is 0 Å². The number of rotatable bonds is 4. The molecular weight excluding hydrogens is 514 g/mol. The molecule has 4 heteroatoms. The van der Waals surface area contributed by atoms with E-state index in [2.05, 4.69) is 86.5 Å². The zero-order valence-electron chi connectivity index (χ0n) is 17.1.